The van der Waals surface area contributed by atoms with Gasteiger partial charge in [-0.25, -0.2) is 4.79 Å². The predicted octanol–water partition coefficient (Wildman–Crippen LogP) is 0.197. The first-order valence-electron chi connectivity index (χ1n) is 3.74. The summed E-state index contributed by atoms with van der Waals surface area (Å²) in [7, 11) is 0. The second-order valence-electron chi connectivity index (χ2n) is 2.40. The van der Waals surface area contributed by atoms with Crippen molar-refractivity contribution in [3.8, 4) is 0 Å². The molecule has 0 saturated heterocycles. The van der Waals surface area contributed by atoms with Gasteiger partial charge in [-0.3, -0.25) is 0 Å². The van der Waals surface area contributed by atoms with E-state index < -0.39 is 12.3 Å². The van der Waals surface area contributed by atoms with Gasteiger partial charge in [-0.1, -0.05) is 6.08 Å². The lowest BCUT2D eigenvalue weighted by atomic mass is 10.2. The fraction of sp³-hybridized carbons (Fsp3) is 0.625. The number of rotatable bonds is 4. The molecule has 0 aliphatic rings. The van der Waals surface area contributed by atoms with Crippen LogP contribution in [0.3, 0.4) is 0 Å². The Balaban J connectivity index is 3.92. The summed E-state index contributed by atoms with van der Waals surface area (Å²) in [5.74, 6) is -0.557. The lowest BCUT2D eigenvalue weighted by Crippen LogP contribution is -2.14. The third-order valence-corrected chi connectivity index (χ3v) is 1.18. The molecule has 70 valence electrons. The quantitative estimate of drug-likeness (QED) is 0.363. The highest BCUT2D eigenvalue weighted by Gasteiger charge is 2.07. The SMILES string of the molecule is C/C(=C\CCO)C(=O)OC(C)O. The average Bonchev–Trinajstić information content (AvgIpc) is 1.98. The maximum atomic E-state index is 10.9. The Labute approximate surface area is 71.5 Å². The predicted molar refractivity (Wildman–Crippen MR) is 43.2 cm³/mol. The molecule has 0 aliphatic heterocycles. The van der Waals surface area contributed by atoms with Gasteiger partial charge in [0, 0.05) is 12.2 Å². The van der Waals surface area contributed by atoms with Crippen molar-refractivity contribution in [2.45, 2.75) is 26.6 Å². The Kier molecular flexibility index (Phi) is 5.32. The molecule has 12 heavy (non-hydrogen) atoms. The topological polar surface area (TPSA) is 66.8 Å². The Morgan fingerprint density at radius 3 is 2.67 bits per heavy atom. The van der Waals surface area contributed by atoms with Gasteiger partial charge in [0.2, 0.25) is 0 Å². The van der Waals surface area contributed by atoms with Gasteiger partial charge in [0.15, 0.2) is 6.29 Å². The lowest BCUT2D eigenvalue weighted by molar-refractivity contribution is -0.159. The number of hydrogen-bond acceptors (Lipinski definition) is 4. The molecule has 0 saturated carbocycles. The summed E-state index contributed by atoms with van der Waals surface area (Å²) in [6.07, 6.45) is 0.890. The van der Waals surface area contributed by atoms with E-state index in [4.69, 9.17) is 10.2 Å². The van der Waals surface area contributed by atoms with Gasteiger partial charge < -0.3 is 14.9 Å². The summed E-state index contributed by atoms with van der Waals surface area (Å²) in [5.41, 5.74) is 0.393. The summed E-state index contributed by atoms with van der Waals surface area (Å²) in [6.45, 7) is 2.93. The Morgan fingerprint density at radius 2 is 2.25 bits per heavy atom. The molecule has 0 aliphatic carbocycles. The van der Waals surface area contributed by atoms with Crippen molar-refractivity contribution in [1.29, 1.82) is 0 Å². The standard InChI is InChI=1S/C8H14O4/c1-6(4-3-5-9)8(11)12-7(2)10/h4,7,9-10H,3,5H2,1-2H3/b6-4+. The van der Waals surface area contributed by atoms with E-state index in [1.165, 1.54) is 6.92 Å². The number of carbonyl (C=O) groups is 1. The molecule has 0 spiro atoms. The Morgan fingerprint density at radius 1 is 1.67 bits per heavy atom. The molecule has 1 atom stereocenters. The normalized spacial score (nSPS) is 14.2. The summed E-state index contributed by atoms with van der Waals surface area (Å²) in [5, 5.41) is 17.1. The first kappa shape index (κ1) is 11.1. The highest BCUT2D eigenvalue weighted by atomic mass is 16.6. The number of ether oxygens (including phenoxy) is 1. The van der Waals surface area contributed by atoms with Crippen LogP contribution in [0.5, 0.6) is 0 Å². The molecule has 4 heteroatoms. The zero-order valence-electron chi connectivity index (χ0n) is 7.28. The van der Waals surface area contributed by atoms with Crippen LogP contribution in [0.2, 0.25) is 0 Å². The highest BCUT2D eigenvalue weighted by Crippen LogP contribution is 2.00. The second-order valence-corrected chi connectivity index (χ2v) is 2.40. The summed E-state index contributed by atoms with van der Waals surface area (Å²) >= 11 is 0. The zero-order chi connectivity index (χ0) is 9.56. The molecule has 0 heterocycles. The number of hydrogen-bond donors (Lipinski definition) is 2. The van der Waals surface area contributed by atoms with E-state index in [0.717, 1.165) is 0 Å². The van der Waals surface area contributed by atoms with Gasteiger partial charge in [0.05, 0.1) is 0 Å². The molecule has 0 rings (SSSR count). The molecular formula is C8H14O4. The lowest BCUT2D eigenvalue weighted by Gasteiger charge is -2.06. The fourth-order valence-corrected chi connectivity index (χ4v) is 0.612. The first-order chi connectivity index (χ1) is 5.57. The highest BCUT2D eigenvalue weighted by molar-refractivity contribution is 5.87. The van der Waals surface area contributed by atoms with Gasteiger partial charge in [-0.2, -0.15) is 0 Å². The molecule has 0 aromatic rings. The van der Waals surface area contributed by atoms with Gasteiger partial charge in [0.25, 0.3) is 0 Å². The fourth-order valence-electron chi connectivity index (χ4n) is 0.612. The van der Waals surface area contributed by atoms with E-state index in [1.807, 2.05) is 0 Å². The number of esters is 1. The largest absolute Gasteiger partial charge is 0.433 e. The van der Waals surface area contributed by atoms with Crippen LogP contribution in [-0.2, 0) is 9.53 Å². The van der Waals surface area contributed by atoms with E-state index in [2.05, 4.69) is 4.74 Å². The first-order valence-corrected chi connectivity index (χ1v) is 3.74. The van der Waals surface area contributed by atoms with E-state index in [-0.39, 0.29) is 6.61 Å². The van der Waals surface area contributed by atoms with Crippen molar-refractivity contribution >= 4 is 5.97 Å². The van der Waals surface area contributed by atoms with Crippen LogP contribution in [0.4, 0.5) is 0 Å². The maximum Gasteiger partial charge on any atom is 0.335 e. The van der Waals surface area contributed by atoms with Gasteiger partial charge in [-0.15, -0.1) is 0 Å². The van der Waals surface area contributed by atoms with E-state index >= 15 is 0 Å². The number of aliphatic hydroxyl groups is 2. The Bertz CT molecular complexity index is 172. The molecule has 0 amide bonds. The van der Waals surface area contributed by atoms with Crippen LogP contribution in [0.15, 0.2) is 11.6 Å². The minimum Gasteiger partial charge on any atom is -0.433 e. The van der Waals surface area contributed by atoms with Crippen molar-refractivity contribution in [1.82, 2.24) is 0 Å². The molecule has 0 fully saturated rings. The van der Waals surface area contributed by atoms with Gasteiger partial charge in [-0.05, 0) is 20.3 Å². The minimum absolute atomic E-state index is 0.000696. The molecule has 0 radical (unpaired) electrons. The van der Waals surface area contributed by atoms with Crippen molar-refractivity contribution in [2.24, 2.45) is 0 Å². The van der Waals surface area contributed by atoms with Crippen LogP contribution in [-0.4, -0.2) is 29.1 Å². The van der Waals surface area contributed by atoms with Gasteiger partial charge >= 0.3 is 5.97 Å². The van der Waals surface area contributed by atoms with Crippen molar-refractivity contribution in [3.05, 3.63) is 11.6 Å². The summed E-state index contributed by atoms with van der Waals surface area (Å²) in [6, 6.07) is 0. The van der Waals surface area contributed by atoms with Crippen LogP contribution >= 0.6 is 0 Å². The average molecular weight is 174 g/mol. The van der Waals surface area contributed by atoms with Crippen molar-refractivity contribution in [3.63, 3.8) is 0 Å². The van der Waals surface area contributed by atoms with Crippen LogP contribution < -0.4 is 0 Å². The smallest absolute Gasteiger partial charge is 0.335 e. The second kappa shape index (κ2) is 5.74. The Hall–Kier alpha value is -0.870. The molecule has 0 aromatic heterocycles. The van der Waals surface area contributed by atoms with E-state index in [9.17, 15) is 4.79 Å². The van der Waals surface area contributed by atoms with Crippen molar-refractivity contribution < 1.29 is 19.7 Å². The monoisotopic (exact) mass is 174 g/mol. The van der Waals surface area contributed by atoms with Crippen LogP contribution in [0.1, 0.15) is 20.3 Å². The number of aliphatic hydroxyl groups excluding tert-OH is 2. The molecule has 4 nitrogen and oxygen atoms in total. The molecule has 0 bridgehead atoms. The van der Waals surface area contributed by atoms with Gasteiger partial charge in [0.1, 0.15) is 0 Å². The van der Waals surface area contributed by atoms with E-state index in [0.29, 0.717) is 12.0 Å². The number of carbonyl (C=O) groups excluding carboxylic acids is 1. The molecular weight excluding hydrogens is 160 g/mol. The van der Waals surface area contributed by atoms with Crippen LogP contribution in [0, 0.1) is 0 Å². The maximum absolute atomic E-state index is 10.9. The van der Waals surface area contributed by atoms with Crippen molar-refractivity contribution in [2.75, 3.05) is 6.61 Å². The minimum atomic E-state index is -1.09. The summed E-state index contributed by atoms with van der Waals surface area (Å²) in [4.78, 5) is 10.9. The third-order valence-electron chi connectivity index (χ3n) is 1.18. The molecule has 1 unspecified atom stereocenters. The third kappa shape index (κ3) is 4.87. The van der Waals surface area contributed by atoms with Crippen LogP contribution in [0.25, 0.3) is 0 Å². The molecule has 2 N–H and O–H groups in total. The molecule has 0 aromatic carbocycles. The zero-order valence-corrected chi connectivity index (χ0v) is 7.28. The van der Waals surface area contributed by atoms with E-state index in [1.54, 1.807) is 13.0 Å². The summed E-state index contributed by atoms with van der Waals surface area (Å²) < 4.78 is 4.48.